The highest BCUT2D eigenvalue weighted by molar-refractivity contribution is 5.79. The summed E-state index contributed by atoms with van der Waals surface area (Å²) in [5.74, 6) is -0.175. The van der Waals surface area contributed by atoms with E-state index in [1.807, 2.05) is 0 Å². The molecule has 0 atom stereocenters. The first kappa shape index (κ1) is 8.93. The minimum atomic E-state index is -2.70. The minimum Gasteiger partial charge on any atom is -0.493 e. The second-order valence-electron chi connectivity index (χ2n) is 2.66. The molecule has 2 rings (SSSR count). The second-order valence-corrected chi connectivity index (χ2v) is 2.66. The second kappa shape index (κ2) is 3.25. The molecular weight excluding hydrogens is 192 g/mol. The maximum atomic E-state index is 12.2. The van der Waals surface area contributed by atoms with Crippen molar-refractivity contribution in [3.05, 3.63) is 24.1 Å². The number of fused-ring (bicyclic) bond motifs is 1. The topological polar surface area (TPSA) is 35.3 Å². The summed E-state index contributed by atoms with van der Waals surface area (Å²) in [6.07, 6.45) is -2.70. The lowest BCUT2D eigenvalue weighted by Gasteiger charge is -1.97. The van der Waals surface area contributed by atoms with Crippen LogP contribution >= 0.6 is 0 Å². The Hall–Kier alpha value is -1.65. The van der Waals surface area contributed by atoms with Gasteiger partial charge in [-0.1, -0.05) is 6.07 Å². The molecule has 0 saturated heterocycles. The van der Waals surface area contributed by atoms with Crippen molar-refractivity contribution in [2.75, 3.05) is 7.11 Å². The Kier molecular flexibility index (Phi) is 2.07. The molecule has 0 saturated carbocycles. The van der Waals surface area contributed by atoms with E-state index in [4.69, 9.17) is 9.15 Å². The van der Waals surface area contributed by atoms with E-state index >= 15 is 0 Å². The van der Waals surface area contributed by atoms with E-state index in [9.17, 15) is 8.78 Å². The molecule has 2 aromatic rings. The van der Waals surface area contributed by atoms with Gasteiger partial charge in [0.1, 0.15) is 5.52 Å². The third-order valence-corrected chi connectivity index (χ3v) is 1.80. The predicted molar refractivity (Wildman–Crippen MR) is 45.5 cm³/mol. The van der Waals surface area contributed by atoms with Crippen LogP contribution in [0.2, 0.25) is 0 Å². The van der Waals surface area contributed by atoms with Crippen LogP contribution in [0.3, 0.4) is 0 Å². The van der Waals surface area contributed by atoms with Crippen LogP contribution in [0, 0.1) is 0 Å². The molecule has 0 N–H and O–H groups in total. The third kappa shape index (κ3) is 1.30. The molecule has 74 valence electrons. The summed E-state index contributed by atoms with van der Waals surface area (Å²) in [6, 6.07) is 4.88. The van der Waals surface area contributed by atoms with Crippen LogP contribution in [0.15, 0.2) is 22.6 Å². The number of nitrogens with zero attached hydrogens (tertiary/aromatic N) is 1. The number of ether oxygens (including phenoxy) is 1. The van der Waals surface area contributed by atoms with E-state index in [-0.39, 0.29) is 5.58 Å². The molecule has 3 nitrogen and oxygen atoms in total. The van der Waals surface area contributed by atoms with Crippen LogP contribution in [-0.2, 0) is 0 Å². The molecule has 0 radical (unpaired) electrons. The van der Waals surface area contributed by atoms with Crippen molar-refractivity contribution in [1.29, 1.82) is 0 Å². The monoisotopic (exact) mass is 199 g/mol. The Morgan fingerprint density at radius 2 is 2.21 bits per heavy atom. The van der Waals surface area contributed by atoms with E-state index in [1.165, 1.54) is 7.11 Å². The lowest BCUT2D eigenvalue weighted by molar-refractivity contribution is 0.117. The number of benzene rings is 1. The fourth-order valence-electron chi connectivity index (χ4n) is 1.20. The summed E-state index contributed by atoms with van der Waals surface area (Å²) in [5, 5.41) is 0. The Morgan fingerprint density at radius 1 is 1.43 bits per heavy atom. The fraction of sp³-hybridized carbons (Fsp3) is 0.222. The molecule has 0 amide bonds. The number of halogens is 2. The molecule has 0 spiro atoms. The van der Waals surface area contributed by atoms with Crippen molar-refractivity contribution in [3.63, 3.8) is 0 Å². The zero-order chi connectivity index (χ0) is 10.1. The predicted octanol–water partition coefficient (Wildman–Crippen LogP) is 2.77. The molecule has 1 heterocycles. The highest BCUT2D eigenvalue weighted by Crippen LogP contribution is 2.29. The van der Waals surface area contributed by atoms with Gasteiger partial charge in [0.2, 0.25) is 0 Å². The Bertz CT molecular complexity index is 453. The number of rotatable bonds is 2. The van der Waals surface area contributed by atoms with Gasteiger partial charge in [0.05, 0.1) is 7.11 Å². The van der Waals surface area contributed by atoms with Gasteiger partial charge in [-0.15, -0.1) is 0 Å². The quantitative estimate of drug-likeness (QED) is 0.745. The summed E-state index contributed by atoms with van der Waals surface area (Å²) < 4.78 is 34.3. The van der Waals surface area contributed by atoms with Gasteiger partial charge >= 0.3 is 6.43 Å². The fourth-order valence-corrected chi connectivity index (χ4v) is 1.20. The van der Waals surface area contributed by atoms with Crippen molar-refractivity contribution in [2.24, 2.45) is 0 Å². The molecule has 0 aliphatic heterocycles. The van der Waals surface area contributed by atoms with Gasteiger partial charge in [0.25, 0.3) is 5.89 Å². The highest BCUT2D eigenvalue weighted by atomic mass is 19.3. The van der Waals surface area contributed by atoms with Crippen molar-refractivity contribution < 1.29 is 17.9 Å². The minimum absolute atomic E-state index is 0.255. The molecule has 0 bridgehead atoms. The normalized spacial score (nSPS) is 11.1. The van der Waals surface area contributed by atoms with Crippen LogP contribution < -0.4 is 4.74 Å². The maximum absolute atomic E-state index is 12.2. The molecule has 1 aromatic heterocycles. The summed E-state index contributed by atoms with van der Waals surface area (Å²) in [5.41, 5.74) is 0.630. The number of alkyl halides is 2. The number of hydrogen-bond donors (Lipinski definition) is 0. The first-order valence-corrected chi connectivity index (χ1v) is 3.94. The van der Waals surface area contributed by atoms with Crippen molar-refractivity contribution in [3.8, 4) is 5.75 Å². The maximum Gasteiger partial charge on any atom is 0.313 e. The van der Waals surface area contributed by atoms with E-state index in [0.717, 1.165) is 0 Å². The molecule has 0 fully saturated rings. The molecule has 5 heteroatoms. The summed E-state index contributed by atoms with van der Waals surface area (Å²) >= 11 is 0. The summed E-state index contributed by atoms with van der Waals surface area (Å²) in [4.78, 5) is 3.62. The Labute approximate surface area is 78.3 Å². The zero-order valence-electron chi connectivity index (χ0n) is 7.33. The highest BCUT2D eigenvalue weighted by Gasteiger charge is 2.17. The number of hydrogen-bond acceptors (Lipinski definition) is 3. The van der Waals surface area contributed by atoms with Gasteiger partial charge in [-0.2, -0.15) is 8.78 Å². The van der Waals surface area contributed by atoms with Crippen molar-refractivity contribution in [2.45, 2.75) is 6.43 Å². The summed E-state index contributed by atoms with van der Waals surface area (Å²) in [7, 11) is 1.44. The molecule has 14 heavy (non-hydrogen) atoms. The van der Waals surface area contributed by atoms with E-state index in [1.54, 1.807) is 18.2 Å². The molecule has 0 aliphatic rings. The standard InChI is InChI=1S/C9H7F2NO2/c1-13-6-4-2-3-5-7(6)14-9(12-5)8(10)11/h2-4,8H,1H3. The van der Waals surface area contributed by atoms with Crippen LogP contribution in [-0.4, -0.2) is 12.1 Å². The number of methoxy groups -OCH3 is 1. The van der Waals surface area contributed by atoms with E-state index in [2.05, 4.69) is 4.98 Å². The number of oxazole rings is 1. The lowest BCUT2D eigenvalue weighted by Crippen LogP contribution is -1.81. The smallest absolute Gasteiger partial charge is 0.313 e. The van der Waals surface area contributed by atoms with Crippen molar-refractivity contribution in [1.82, 2.24) is 4.98 Å². The summed E-state index contributed by atoms with van der Waals surface area (Å²) in [6.45, 7) is 0. The number of para-hydroxylation sites is 1. The average molecular weight is 199 g/mol. The third-order valence-electron chi connectivity index (χ3n) is 1.80. The molecule has 0 aliphatic carbocycles. The van der Waals surface area contributed by atoms with Gasteiger partial charge in [0, 0.05) is 0 Å². The molecule has 0 unspecified atom stereocenters. The first-order valence-electron chi connectivity index (χ1n) is 3.94. The van der Waals surface area contributed by atoms with Gasteiger partial charge in [-0.3, -0.25) is 0 Å². The van der Waals surface area contributed by atoms with Crippen LogP contribution in [0.4, 0.5) is 8.78 Å². The number of aromatic nitrogens is 1. The zero-order valence-corrected chi connectivity index (χ0v) is 7.33. The van der Waals surface area contributed by atoms with Crippen LogP contribution in [0.1, 0.15) is 12.3 Å². The van der Waals surface area contributed by atoms with Gasteiger partial charge in [0.15, 0.2) is 11.3 Å². The van der Waals surface area contributed by atoms with Crippen LogP contribution in [0.25, 0.3) is 11.1 Å². The van der Waals surface area contributed by atoms with Gasteiger partial charge < -0.3 is 9.15 Å². The van der Waals surface area contributed by atoms with Gasteiger partial charge in [-0.25, -0.2) is 4.98 Å². The first-order chi connectivity index (χ1) is 6.72. The molecular formula is C9H7F2NO2. The average Bonchev–Trinajstić information content (AvgIpc) is 2.60. The Balaban J connectivity index is 2.64. The van der Waals surface area contributed by atoms with Gasteiger partial charge in [-0.05, 0) is 12.1 Å². The lowest BCUT2D eigenvalue weighted by atomic mass is 10.3. The largest absolute Gasteiger partial charge is 0.493 e. The van der Waals surface area contributed by atoms with E-state index < -0.39 is 12.3 Å². The Morgan fingerprint density at radius 3 is 2.86 bits per heavy atom. The molecule has 1 aromatic carbocycles. The van der Waals surface area contributed by atoms with E-state index in [0.29, 0.717) is 11.3 Å². The van der Waals surface area contributed by atoms with Crippen molar-refractivity contribution >= 4 is 11.1 Å². The SMILES string of the molecule is COc1cccc2nc(C(F)F)oc12. The van der Waals surface area contributed by atoms with Crippen LogP contribution in [0.5, 0.6) is 5.75 Å².